The molecule has 0 aliphatic carbocycles. The fraction of sp³-hybridized carbons (Fsp3) is 0.444. The summed E-state index contributed by atoms with van der Waals surface area (Å²) in [5, 5.41) is 3.71. The average molecular weight is 495 g/mol. The van der Waals surface area contributed by atoms with E-state index in [-0.39, 0.29) is 11.5 Å². The number of carbonyl (C=O) groups is 1. The molecule has 1 fully saturated rings. The zero-order valence-electron chi connectivity index (χ0n) is 20.5. The van der Waals surface area contributed by atoms with Crippen molar-refractivity contribution in [1.29, 1.82) is 0 Å². The molecule has 0 radical (unpaired) electrons. The van der Waals surface area contributed by atoms with Crippen molar-refractivity contribution in [2.24, 2.45) is 0 Å². The van der Waals surface area contributed by atoms with Gasteiger partial charge in [0, 0.05) is 44.2 Å². The summed E-state index contributed by atoms with van der Waals surface area (Å²) in [6.07, 6.45) is 4.46. The Kier molecular flexibility index (Phi) is 8.82. The van der Waals surface area contributed by atoms with Crippen LogP contribution in [0.15, 0.2) is 58.5 Å². The first-order valence-corrected chi connectivity index (χ1v) is 13.3. The lowest BCUT2D eigenvalue weighted by atomic mass is 10.1. The highest BCUT2D eigenvalue weighted by molar-refractivity contribution is 8.00. The van der Waals surface area contributed by atoms with Gasteiger partial charge in [0.25, 0.3) is 5.56 Å². The molecule has 7 nitrogen and oxygen atoms in total. The molecule has 1 N–H and O–H groups in total. The van der Waals surface area contributed by atoms with E-state index in [4.69, 9.17) is 9.72 Å². The van der Waals surface area contributed by atoms with Gasteiger partial charge in [0.2, 0.25) is 5.91 Å². The lowest BCUT2D eigenvalue weighted by molar-refractivity contribution is -0.115. The van der Waals surface area contributed by atoms with E-state index in [1.54, 1.807) is 10.6 Å². The third-order valence-electron chi connectivity index (χ3n) is 6.21. The van der Waals surface area contributed by atoms with Crippen LogP contribution in [0.3, 0.4) is 0 Å². The molecule has 0 spiro atoms. The van der Waals surface area contributed by atoms with Gasteiger partial charge in [0.05, 0.1) is 16.2 Å². The van der Waals surface area contributed by atoms with Gasteiger partial charge in [-0.05, 0) is 75.9 Å². The van der Waals surface area contributed by atoms with Crippen molar-refractivity contribution in [3.8, 4) is 0 Å². The van der Waals surface area contributed by atoms with Crippen molar-refractivity contribution in [3.05, 3.63) is 58.9 Å². The first kappa shape index (κ1) is 25.3. The van der Waals surface area contributed by atoms with Crippen LogP contribution >= 0.6 is 11.8 Å². The topological polar surface area (TPSA) is 76.5 Å². The van der Waals surface area contributed by atoms with Crippen molar-refractivity contribution in [2.45, 2.75) is 56.5 Å². The van der Waals surface area contributed by atoms with Gasteiger partial charge in [0.1, 0.15) is 0 Å². The van der Waals surface area contributed by atoms with Crippen molar-refractivity contribution in [1.82, 2.24) is 9.55 Å². The molecule has 1 unspecified atom stereocenters. The number of para-hydroxylation sites is 1. The number of thioether (sulfide) groups is 1. The molecule has 35 heavy (non-hydrogen) atoms. The number of hydrogen-bond acceptors (Lipinski definition) is 6. The van der Waals surface area contributed by atoms with E-state index >= 15 is 0 Å². The third-order valence-corrected chi connectivity index (χ3v) is 7.30. The molecule has 8 heteroatoms. The second-order valence-corrected chi connectivity index (χ2v) is 10.1. The Hall–Kier alpha value is -2.84. The highest BCUT2D eigenvalue weighted by Crippen LogP contribution is 2.25. The fourth-order valence-electron chi connectivity index (χ4n) is 4.27. The van der Waals surface area contributed by atoms with Crippen LogP contribution in [0.2, 0.25) is 0 Å². The summed E-state index contributed by atoms with van der Waals surface area (Å²) >= 11 is 1.31. The number of hydrogen-bond donors (Lipinski definition) is 1. The maximum atomic E-state index is 13.2. The van der Waals surface area contributed by atoms with E-state index in [9.17, 15) is 9.59 Å². The van der Waals surface area contributed by atoms with Crippen LogP contribution in [-0.4, -0.2) is 47.0 Å². The molecule has 1 atom stereocenters. The lowest BCUT2D eigenvalue weighted by Gasteiger charge is -2.28. The molecule has 3 aromatic rings. The number of aromatic nitrogens is 2. The van der Waals surface area contributed by atoms with Crippen molar-refractivity contribution >= 4 is 39.9 Å². The van der Waals surface area contributed by atoms with E-state index in [0.29, 0.717) is 42.2 Å². The number of nitrogens with zero attached hydrogens (tertiary/aromatic N) is 3. The molecule has 1 saturated heterocycles. The minimum Gasteiger partial charge on any atom is -0.382 e. The van der Waals surface area contributed by atoms with Gasteiger partial charge >= 0.3 is 0 Å². The molecule has 2 heterocycles. The van der Waals surface area contributed by atoms with E-state index in [1.165, 1.54) is 36.7 Å². The zero-order chi connectivity index (χ0) is 24.6. The summed E-state index contributed by atoms with van der Waals surface area (Å²) in [4.78, 5) is 33.3. The maximum absolute atomic E-state index is 13.2. The van der Waals surface area contributed by atoms with Crippen LogP contribution in [0.1, 0.15) is 39.5 Å². The Morgan fingerprint density at radius 2 is 1.86 bits per heavy atom. The predicted molar refractivity (Wildman–Crippen MR) is 144 cm³/mol. The van der Waals surface area contributed by atoms with Gasteiger partial charge in [-0.2, -0.15) is 0 Å². The first-order valence-electron chi connectivity index (χ1n) is 12.5. The number of anilines is 2. The van der Waals surface area contributed by atoms with E-state index < -0.39 is 5.25 Å². The molecule has 1 aliphatic rings. The number of fused-ring (bicyclic) bond motifs is 1. The highest BCUT2D eigenvalue weighted by atomic mass is 32.2. The normalized spacial score (nSPS) is 14.7. The monoisotopic (exact) mass is 494 g/mol. The smallest absolute Gasteiger partial charge is 0.262 e. The minimum atomic E-state index is -0.428. The maximum Gasteiger partial charge on any atom is 0.262 e. The first-order chi connectivity index (χ1) is 17.1. The van der Waals surface area contributed by atoms with Crippen LogP contribution in [-0.2, 0) is 16.1 Å². The minimum absolute atomic E-state index is 0.0875. The summed E-state index contributed by atoms with van der Waals surface area (Å²) in [5.74, 6) is -0.121. The molecule has 1 aliphatic heterocycles. The van der Waals surface area contributed by atoms with Gasteiger partial charge in [-0.15, -0.1) is 0 Å². The number of rotatable bonds is 10. The van der Waals surface area contributed by atoms with Gasteiger partial charge in [-0.25, -0.2) is 4.98 Å². The van der Waals surface area contributed by atoms with Gasteiger partial charge in [0.15, 0.2) is 5.16 Å². The summed E-state index contributed by atoms with van der Waals surface area (Å²) in [5.41, 5.74) is 2.52. The molecule has 2 aromatic carbocycles. The predicted octanol–water partition coefficient (Wildman–Crippen LogP) is 4.93. The molecule has 1 amide bonds. The van der Waals surface area contributed by atoms with Crippen molar-refractivity contribution in [2.75, 3.05) is 36.5 Å². The second-order valence-electron chi connectivity index (χ2n) is 8.76. The van der Waals surface area contributed by atoms with Crippen LogP contribution in [0.5, 0.6) is 0 Å². The van der Waals surface area contributed by atoms with E-state index in [0.717, 1.165) is 18.8 Å². The second kappa shape index (κ2) is 12.2. The van der Waals surface area contributed by atoms with Gasteiger partial charge in [-0.3, -0.25) is 14.2 Å². The van der Waals surface area contributed by atoms with E-state index in [2.05, 4.69) is 22.3 Å². The Balaban J connectivity index is 1.46. The molecule has 1 aromatic heterocycles. The summed E-state index contributed by atoms with van der Waals surface area (Å²) in [7, 11) is 0. The number of piperidine rings is 1. The summed E-state index contributed by atoms with van der Waals surface area (Å²) in [6.45, 7) is 7.67. The van der Waals surface area contributed by atoms with Gasteiger partial charge in [-0.1, -0.05) is 23.9 Å². The SMILES string of the molecule is CCOCCCn1c(SC(C)C(=O)Nc2ccc(N3CCCCC3)cc2)nc2ccccc2c1=O. The number of amides is 1. The Morgan fingerprint density at radius 1 is 1.11 bits per heavy atom. The standard InChI is InChI=1S/C27H34N4O3S/c1-3-34-19-9-18-31-26(33)23-10-5-6-11-24(23)29-27(31)35-20(2)25(32)28-21-12-14-22(15-13-21)30-16-7-4-8-17-30/h5-6,10-15,20H,3-4,7-9,16-19H2,1-2H3,(H,28,32). The largest absolute Gasteiger partial charge is 0.382 e. The number of carbonyl (C=O) groups excluding carboxylic acids is 1. The summed E-state index contributed by atoms with van der Waals surface area (Å²) < 4.78 is 7.12. The van der Waals surface area contributed by atoms with Crippen LogP contribution in [0.25, 0.3) is 10.9 Å². The lowest BCUT2D eigenvalue weighted by Crippen LogP contribution is -2.29. The molecule has 0 saturated carbocycles. The quantitative estimate of drug-likeness (QED) is 0.245. The molecule has 186 valence electrons. The van der Waals surface area contributed by atoms with Crippen LogP contribution in [0.4, 0.5) is 11.4 Å². The summed E-state index contributed by atoms with van der Waals surface area (Å²) in [6, 6.07) is 15.4. The average Bonchev–Trinajstić information content (AvgIpc) is 2.89. The zero-order valence-corrected chi connectivity index (χ0v) is 21.4. The third kappa shape index (κ3) is 6.44. The van der Waals surface area contributed by atoms with Crippen molar-refractivity contribution in [3.63, 3.8) is 0 Å². The van der Waals surface area contributed by atoms with Crippen LogP contribution in [0, 0.1) is 0 Å². The van der Waals surface area contributed by atoms with E-state index in [1.807, 2.05) is 44.2 Å². The molecule has 4 rings (SSSR count). The van der Waals surface area contributed by atoms with Gasteiger partial charge < -0.3 is 15.0 Å². The Morgan fingerprint density at radius 3 is 2.60 bits per heavy atom. The number of ether oxygens (including phenoxy) is 1. The highest BCUT2D eigenvalue weighted by Gasteiger charge is 2.20. The molecular weight excluding hydrogens is 460 g/mol. The number of nitrogens with one attached hydrogen (secondary N) is 1. The number of benzene rings is 2. The van der Waals surface area contributed by atoms with Crippen molar-refractivity contribution < 1.29 is 9.53 Å². The van der Waals surface area contributed by atoms with Crippen LogP contribution < -0.4 is 15.8 Å². The fourth-order valence-corrected chi connectivity index (χ4v) is 5.20. The Bertz CT molecular complexity index is 1190. The Labute approximate surface area is 210 Å². The molecular formula is C27H34N4O3S. The molecule has 0 bridgehead atoms.